The lowest BCUT2D eigenvalue weighted by Crippen LogP contribution is -2.51. The molecule has 0 N–H and O–H groups in total. The van der Waals surface area contributed by atoms with Crippen LogP contribution in [0.5, 0.6) is 0 Å². The highest BCUT2D eigenvalue weighted by atomic mass is 19.4. The average molecular weight is 268 g/mol. The first-order valence-corrected chi connectivity index (χ1v) is 5.92. The van der Waals surface area contributed by atoms with Crippen molar-refractivity contribution in [1.29, 1.82) is 0 Å². The lowest BCUT2D eigenvalue weighted by atomic mass is 10.1. The highest BCUT2D eigenvalue weighted by molar-refractivity contribution is 5.69. The lowest BCUT2D eigenvalue weighted by Gasteiger charge is -2.37. The van der Waals surface area contributed by atoms with Crippen LogP contribution in [0.25, 0.3) is 0 Å². The number of halogens is 3. The Hall–Kier alpha value is -0.820. The molecule has 0 saturated carbocycles. The van der Waals surface area contributed by atoms with Gasteiger partial charge in [0.1, 0.15) is 0 Å². The van der Waals surface area contributed by atoms with Crippen molar-refractivity contribution in [2.45, 2.75) is 25.6 Å². The third kappa shape index (κ3) is 5.22. The number of piperazine rings is 1. The minimum atomic E-state index is -4.14. The predicted molar refractivity (Wildman–Crippen MR) is 60.2 cm³/mol. The van der Waals surface area contributed by atoms with Crippen molar-refractivity contribution in [3.63, 3.8) is 0 Å². The van der Waals surface area contributed by atoms with E-state index in [0.717, 1.165) is 0 Å². The molecule has 0 spiro atoms. The molecule has 0 amide bonds. The van der Waals surface area contributed by atoms with Gasteiger partial charge in [-0.2, -0.15) is 13.2 Å². The molecular formula is C11H19F3N2O2. The van der Waals surface area contributed by atoms with Gasteiger partial charge in [-0.15, -0.1) is 0 Å². The number of rotatable bonds is 4. The highest BCUT2D eigenvalue weighted by Gasteiger charge is 2.32. The third-order valence-electron chi connectivity index (χ3n) is 3.12. The van der Waals surface area contributed by atoms with Crippen LogP contribution < -0.4 is 0 Å². The molecule has 0 aliphatic carbocycles. The zero-order chi connectivity index (χ0) is 13.8. The van der Waals surface area contributed by atoms with Crippen molar-refractivity contribution in [3.05, 3.63) is 0 Å². The summed E-state index contributed by atoms with van der Waals surface area (Å²) in [7, 11) is 1.33. The molecule has 0 aromatic heterocycles. The number of hydrogen-bond acceptors (Lipinski definition) is 4. The Morgan fingerprint density at radius 3 is 2.28 bits per heavy atom. The van der Waals surface area contributed by atoms with E-state index in [1.54, 1.807) is 0 Å². The number of esters is 1. The summed E-state index contributed by atoms with van der Waals surface area (Å²) < 4.78 is 41.2. The van der Waals surface area contributed by atoms with Crippen molar-refractivity contribution in [3.8, 4) is 0 Å². The maximum absolute atomic E-state index is 12.2. The molecule has 1 fully saturated rings. The Bertz CT molecular complexity index is 276. The van der Waals surface area contributed by atoms with E-state index >= 15 is 0 Å². The highest BCUT2D eigenvalue weighted by Crippen LogP contribution is 2.18. The van der Waals surface area contributed by atoms with E-state index in [9.17, 15) is 18.0 Å². The summed E-state index contributed by atoms with van der Waals surface area (Å²) in [4.78, 5) is 14.5. The third-order valence-corrected chi connectivity index (χ3v) is 3.12. The van der Waals surface area contributed by atoms with Gasteiger partial charge in [-0.05, 0) is 6.92 Å². The minimum Gasteiger partial charge on any atom is -0.469 e. The van der Waals surface area contributed by atoms with Gasteiger partial charge >= 0.3 is 12.1 Å². The van der Waals surface area contributed by atoms with Crippen molar-refractivity contribution in [2.75, 3.05) is 39.8 Å². The van der Waals surface area contributed by atoms with Crippen molar-refractivity contribution >= 4 is 5.97 Å². The number of ether oxygens (including phenoxy) is 1. The molecule has 1 aliphatic rings. The summed E-state index contributed by atoms with van der Waals surface area (Å²) in [5.41, 5.74) is 0. The summed E-state index contributed by atoms with van der Waals surface area (Å²) in [6, 6.07) is 0.00508. The second-order valence-corrected chi connectivity index (χ2v) is 4.56. The second-order valence-electron chi connectivity index (χ2n) is 4.56. The van der Waals surface area contributed by atoms with Gasteiger partial charge in [0.2, 0.25) is 0 Å². The maximum Gasteiger partial charge on any atom is 0.401 e. The minimum absolute atomic E-state index is 0.00508. The monoisotopic (exact) mass is 268 g/mol. The van der Waals surface area contributed by atoms with Crippen molar-refractivity contribution < 1.29 is 22.7 Å². The van der Waals surface area contributed by atoms with Gasteiger partial charge in [-0.25, -0.2) is 0 Å². The average Bonchev–Trinajstić information content (AvgIpc) is 2.27. The van der Waals surface area contributed by atoms with Crippen LogP contribution in [0.4, 0.5) is 13.2 Å². The Morgan fingerprint density at radius 2 is 1.83 bits per heavy atom. The molecule has 1 rings (SSSR count). The van der Waals surface area contributed by atoms with E-state index in [1.165, 1.54) is 12.0 Å². The molecule has 7 heteroatoms. The summed E-state index contributed by atoms with van der Waals surface area (Å²) in [5.74, 6) is -0.291. The molecule has 1 aliphatic heterocycles. The van der Waals surface area contributed by atoms with Gasteiger partial charge in [-0.1, -0.05) is 0 Å². The SMILES string of the molecule is COC(=O)CC(C)N1CCN(CC(F)(F)F)CC1. The number of hydrogen-bond donors (Lipinski definition) is 0. The number of methoxy groups -OCH3 is 1. The predicted octanol–water partition coefficient (Wildman–Crippen LogP) is 1.12. The van der Waals surface area contributed by atoms with Gasteiger partial charge in [0.25, 0.3) is 0 Å². The standard InChI is InChI=1S/C11H19F3N2O2/c1-9(7-10(17)18-2)16-5-3-15(4-6-16)8-11(12,13)14/h9H,3-8H2,1-2H3. The van der Waals surface area contributed by atoms with Crippen LogP contribution in [0.15, 0.2) is 0 Å². The van der Waals surface area contributed by atoms with Crippen LogP contribution >= 0.6 is 0 Å². The first kappa shape index (κ1) is 15.2. The molecule has 1 saturated heterocycles. The van der Waals surface area contributed by atoms with Gasteiger partial charge in [0, 0.05) is 32.2 Å². The molecule has 1 unspecified atom stereocenters. The largest absolute Gasteiger partial charge is 0.469 e. The first-order valence-electron chi connectivity index (χ1n) is 5.92. The fraction of sp³-hybridized carbons (Fsp3) is 0.909. The molecule has 1 atom stereocenters. The Morgan fingerprint density at radius 1 is 1.28 bits per heavy atom. The Balaban J connectivity index is 2.32. The quantitative estimate of drug-likeness (QED) is 0.715. The summed E-state index contributed by atoms with van der Waals surface area (Å²) >= 11 is 0. The van der Waals surface area contributed by atoms with Gasteiger partial charge in [-0.3, -0.25) is 14.6 Å². The molecule has 0 bridgehead atoms. The Kier molecular flexibility index (Phi) is 5.40. The number of carbonyl (C=O) groups excluding carboxylic acids is 1. The van der Waals surface area contributed by atoms with Crippen LogP contribution in [0.1, 0.15) is 13.3 Å². The van der Waals surface area contributed by atoms with Crippen LogP contribution in [0.2, 0.25) is 0 Å². The smallest absolute Gasteiger partial charge is 0.401 e. The zero-order valence-corrected chi connectivity index (χ0v) is 10.7. The fourth-order valence-electron chi connectivity index (χ4n) is 2.07. The lowest BCUT2D eigenvalue weighted by molar-refractivity contribution is -0.150. The van der Waals surface area contributed by atoms with Crippen LogP contribution in [-0.4, -0.2) is 67.8 Å². The molecule has 0 radical (unpaired) electrons. The molecule has 4 nitrogen and oxygen atoms in total. The first-order chi connectivity index (χ1) is 8.31. The van der Waals surface area contributed by atoms with E-state index in [1.807, 2.05) is 11.8 Å². The summed E-state index contributed by atoms with van der Waals surface area (Å²) in [5, 5.41) is 0. The zero-order valence-electron chi connectivity index (χ0n) is 10.7. The Labute approximate surface area is 105 Å². The van der Waals surface area contributed by atoms with E-state index in [2.05, 4.69) is 4.74 Å². The molecule has 18 heavy (non-hydrogen) atoms. The molecule has 0 aromatic carbocycles. The van der Waals surface area contributed by atoms with E-state index < -0.39 is 12.7 Å². The summed E-state index contributed by atoms with van der Waals surface area (Å²) in [6.07, 6.45) is -3.87. The van der Waals surface area contributed by atoms with Crippen molar-refractivity contribution in [1.82, 2.24) is 9.80 Å². The van der Waals surface area contributed by atoms with E-state index in [-0.39, 0.29) is 18.4 Å². The van der Waals surface area contributed by atoms with Gasteiger partial charge in [0.15, 0.2) is 0 Å². The van der Waals surface area contributed by atoms with Crippen LogP contribution in [-0.2, 0) is 9.53 Å². The van der Waals surface area contributed by atoms with Gasteiger partial charge < -0.3 is 4.74 Å². The maximum atomic E-state index is 12.2. The molecule has 0 aromatic rings. The van der Waals surface area contributed by atoms with E-state index in [0.29, 0.717) is 26.2 Å². The van der Waals surface area contributed by atoms with Crippen LogP contribution in [0.3, 0.4) is 0 Å². The molecule has 1 heterocycles. The number of carbonyl (C=O) groups is 1. The second kappa shape index (κ2) is 6.38. The van der Waals surface area contributed by atoms with Crippen molar-refractivity contribution in [2.24, 2.45) is 0 Å². The summed E-state index contributed by atoms with van der Waals surface area (Å²) in [6.45, 7) is 2.89. The fourth-order valence-corrected chi connectivity index (χ4v) is 2.07. The topological polar surface area (TPSA) is 32.8 Å². The van der Waals surface area contributed by atoms with Gasteiger partial charge in [0.05, 0.1) is 20.1 Å². The number of alkyl halides is 3. The van der Waals surface area contributed by atoms with E-state index in [4.69, 9.17) is 0 Å². The number of nitrogens with zero attached hydrogens (tertiary/aromatic N) is 2. The molecular weight excluding hydrogens is 249 g/mol. The molecule has 106 valence electrons. The van der Waals surface area contributed by atoms with Crippen LogP contribution in [0, 0.1) is 0 Å². The normalized spacial score (nSPS) is 20.7.